The van der Waals surface area contributed by atoms with Crippen molar-refractivity contribution in [3.8, 4) is 0 Å². The molecule has 0 aromatic carbocycles. The average molecular weight is 597 g/mol. The second-order valence-corrected chi connectivity index (χ2v) is 13.6. The smallest absolute Gasteiger partial charge is 0.327 e. The standard InChI is InChI=1S/C31H66O6P2/c1-5-7-9-11-13-15-17-19-21-23-25-27-29(36-38(32)33)31(3,4)30(37-39(34)35)28-26-24-22-20-18-16-14-12-10-8-6-2/h29-30,32-35H,5-28H2,1-4H3. The molecule has 0 spiro atoms. The Morgan fingerprint density at radius 2 is 0.667 bits per heavy atom. The molecule has 8 heteroatoms. The van der Waals surface area contributed by atoms with Crippen molar-refractivity contribution >= 4 is 17.2 Å². The lowest BCUT2D eigenvalue weighted by molar-refractivity contribution is -0.0386. The van der Waals surface area contributed by atoms with E-state index in [2.05, 4.69) is 13.8 Å². The SMILES string of the molecule is CCCCCCCCCCCCCC(OP(O)O)C(C)(C)C(CCCCCCCCCCCCC)OP(O)O. The molecule has 0 saturated heterocycles. The van der Waals surface area contributed by atoms with Gasteiger partial charge in [0.1, 0.15) is 0 Å². The van der Waals surface area contributed by atoms with Crippen LogP contribution < -0.4 is 0 Å². The number of rotatable bonds is 30. The highest BCUT2D eigenvalue weighted by atomic mass is 31.2. The largest absolute Gasteiger partial charge is 0.328 e. The molecule has 0 aromatic rings. The minimum absolute atomic E-state index is 0.412. The Morgan fingerprint density at radius 1 is 0.436 bits per heavy atom. The Morgan fingerprint density at radius 3 is 0.897 bits per heavy atom. The van der Waals surface area contributed by atoms with Gasteiger partial charge in [0, 0.05) is 5.41 Å². The van der Waals surface area contributed by atoms with Gasteiger partial charge in [-0.15, -0.1) is 0 Å². The quantitative estimate of drug-likeness (QED) is 0.0486. The van der Waals surface area contributed by atoms with E-state index >= 15 is 0 Å². The van der Waals surface area contributed by atoms with Crippen LogP contribution in [-0.2, 0) is 9.05 Å². The second kappa shape index (κ2) is 27.5. The number of hydrogen-bond acceptors (Lipinski definition) is 6. The Bertz CT molecular complexity index is 465. The van der Waals surface area contributed by atoms with E-state index in [-0.39, 0.29) is 0 Å². The third-order valence-corrected chi connectivity index (χ3v) is 9.13. The third kappa shape index (κ3) is 23.8. The maximum Gasteiger partial charge on any atom is 0.327 e. The van der Waals surface area contributed by atoms with Crippen molar-refractivity contribution in [3.05, 3.63) is 0 Å². The Hall–Kier alpha value is 0.620. The van der Waals surface area contributed by atoms with Crippen LogP contribution in [0.3, 0.4) is 0 Å². The molecule has 6 nitrogen and oxygen atoms in total. The lowest BCUT2D eigenvalue weighted by Gasteiger charge is -2.40. The lowest BCUT2D eigenvalue weighted by atomic mass is 9.77. The fourth-order valence-corrected chi connectivity index (χ4v) is 6.75. The minimum Gasteiger partial charge on any atom is -0.328 e. The molecule has 2 atom stereocenters. The van der Waals surface area contributed by atoms with Crippen LogP contribution in [0.15, 0.2) is 0 Å². The summed E-state index contributed by atoms with van der Waals surface area (Å²) in [5.41, 5.74) is -0.574. The van der Waals surface area contributed by atoms with E-state index in [1.54, 1.807) is 0 Å². The highest BCUT2D eigenvalue weighted by Gasteiger charge is 2.41. The molecule has 0 saturated carbocycles. The van der Waals surface area contributed by atoms with Crippen LogP contribution in [0.1, 0.15) is 182 Å². The summed E-state index contributed by atoms with van der Waals surface area (Å²) < 4.78 is 11.2. The molecule has 0 rings (SSSR count). The summed E-state index contributed by atoms with van der Waals surface area (Å²) in [6, 6.07) is 0. The predicted molar refractivity (Wildman–Crippen MR) is 168 cm³/mol. The molecule has 0 aliphatic carbocycles. The first-order valence-electron chi connectivity index (χ1n) is 16.4. The zero-order chi connectivity index (χ0) is 29.2. The van der Waals surface area contributed by atoms with E-state index in [9.17, 15) is 19.6 Å². The highest BCUT2D eigenvalue weighted by Crippen LogP contribution is 2.45. The molecule has 0 aliphatic heterocycles. The van der Waals surface area contributed by atoms with Gasteiger partial charge in [0.25, 0.3) is 0 Å². The summed E-state index contributed by atoms with van der Waals surface area (Å²) in [4.78, 5) is 38.7. The molecule has 0 aliphatic rings. The van der Waals surface area contributed by atoms with E-state index in [1.165, 1.54) is 116 Å². The van der Waals surface area contributed by atoms with Gasteiger partial charge in [0.15, 0.2) is 0 Å². The minimum atomic E-state index is -2.49. The molecule has 236 valence electrons. The van der Waals surface area contributed by atoms with Gasteiger partial charge in [0.05, 0.1) is 12.2 Å². The first kappa shape index (κ1) is 39.6. The molecule has 0 amide bonds. The van der Waals surface area contributed by atoms with Crippen molar-refractivity contribution in [2.45, 2.75) is 194 Å². The molecule has 0 heterocycles. The van der Waals surface area contributed by atoms with Crippen LogP contribution in [0.5, 0.6) is 0 Å². The topological polar surface area (TPSA) is 99.4 Å². The van der Waals surface area contributed by atoms with Crippen molar-refractivity contribution in [3.63, 3.8) is 0 Å². The van der Waals surface area contributed by atoms with Crippen molar-refractivity contribution < 1.29 is 28.6 Å². The van der Waals surface area contributed by atoms with Crippen molar-refractivity contribution in [2.24, 2.45) is 5.41 Å². The summed E-state index contributed by atoms with van der Waals surface area (Å²) in [7, 11) is -4.99. The number of unbranched alkanes of at least 4 members (excludes halogenated alkanes) is 20. The van der Waals surface area contributed by atoms with Gasteiger partial charge in [-0.1, -0.05) is 169 Å². The van der Waals surface area contributed by atoms with Crippen molar-refractivity contribution in [2.75, 3.05) is 0 Å². The fraction of sp³-hybridized carbons (Fsp3) is 1.00. The van der Waals surface area contributed by atoms with Gasteiger partial charge in [-0.2, -0.15) is 0 Å². The van der Waals surface area contributed by atoms with Crippen molar-refractivity contribution in [1.29, 1.82) is 0 Å². The highest BCUT2D eigenvalue weighted by molar-refractivity contribution is 7.39. The van der Waals surface area contributed by atoms with E-state index in [0.29, 0.717) is 12.8 Å². The molecular formula is C31H66O6P2. The summed E-state index contributed by atoms with van der Waals surface area (Å²) in [5, 5.41) is 0. The molecule has 39 heavy (non-hydrogen) atoms. The maximum atomic E-state index is 9.67. The first-order valence-corrected chi connectivity index (χ1v) is 18.8. The zero-order valence-corrected chi connectivity index (χ0v) is 27.9. The molecule has 4 N–H and O–H groups in total. The maximum absolute atomic E-state index is 9.67. The van der Waals surface area contributed by atoms with E-state index in [1.807, 2.05) is 13.8 Å². The summed E-state index contributed by atoms with van der Waals surface area (Å²) in [6.45, 7) is 8.50. The van der Waals surface area contributed by atoms with Gasteiger partial charge in [0.2, 0.25) is 0 Å². The van der Waals surface area contributed by atoms with Gasteiger partial charge in [-0.25, -0.2) is 0 Å². The third-order valence-electron chi connectivity index (χ3n) is 8.24. The molecule has 0 radical (unpaired) electrons. The molecule has 2 unspecified atom stereocenters. The van der Waals surface area contributed by atoms with Crippen LogP contribution in [-0.4, -0.2) is 31.8 Å². The predicted octanol–water partition coefficient (Wildman–Crippen LogP) is 10.6. The van der Waals surface area contributed by atoms with E-state index < -0.39 is 34.8 Å². The number of hydrogen-bond donors (Lipinski definition) is 4. The lowest BCUT2D eigenvalue weighted by Crippen LogP contribution is -2.42. The van der Waals surface area contributed by atoms with Crippen LogP contribution in [0.4, 0.5) is 0 Å². The van der Waals surface area contributed by atoms with Crippen LogP contribution in [0.25, 0.3) is 0 Å². The zero-order valence-electron chi connectivity index (χ0n) is 26.1. The van der Waals surface area contributed by atoms with Crippen molar-refractivity contribution in [1.82, 2.24) is 0 Å². The Balaban J connectivity index is 4.45. The van der Waals surface area contributed by atoms with Crippen LogP contribution in [0, 0.1) is 5.41 Å². The molecular weight excluding hydrogens is 530 g/mol. The first-order chi connectivity index (χ1) is 18.8. The van der Waals surface area contributed by atoms with E-state index in [0.717, 1.165) is 25.7 Å². The summed E-state index contributed by atoms with van der Waals surface area (Å²) in [5.74, 6) is 0. The Kier molecular flexibility index (Phi) is 27.9. The van der Waals surface area contributed by atoms with Crippen LogP contribution in [0.2, 0.25) is 0 Å². The molecule has 0 fully saturated rings. The fourth-order valence-electron chi connectivity index (χ4n) is 5.54. The molecule has 0 bridgehead atoms. The van der Waals surface area contributed by atoms with Gasteiger partial charge >= 0.3 is 17.2 Å². The summed E-state index contributed by atoms with van der Waals surface area (Å²) >= 11 is 0. The van der Waals surface area contributed by atoms with Gasteiger partial charge in [-0.3, -0.25) is 0 Å². The van der Waals surface area contributed by atoms with Gasteiger partial charge in [-0.05, 0) is 12.8 Å². The second-order valence-electron chi connectivity index (χ2n) is 12.2. The van der Waals surface area contributed by atoms with E-state index in [4.69, 9.17) is 9.05 Å². The van der Waals surface area contributed by atoms with Gasteiger partial charge < -0.3 is 28.6 Å². The van der Waals surface area contributed by atoms with Crippen LogP contribution >= 0.6 is 17.2 Å². The normalized spacial score (nSPS) is 14.0. The molecule has 0 aromatic heterocycles. The Labute approximate surface area is 245 Å². The average Bonchev–Trinajstić information content (AvgIpc) is 2.88. The summed E-state index contributed by atoms with van der Waals surface area (Å²) in [6.07, 6.45) is 28.2. The monoisotopic (exact) mass is 596 g/mol.